The minimum Gasteiger partial charge on any atom is -0.264 e. The third-order valence-corrected chi connectivity index (χ3v) is 5.32. The summed E-state index contributed by atoms with van der Waals surface area (Å²) in [4.78, 5) is 4.19. The second-order valence-corrected chi connectivity index (χ2v) is 7.42. The van der Waals surface area contributed by atoms with Crippen LogP contribution in [0.5, 0.6) is 0 Å². The van der Waals surface area contributed by atoms with E-state index in [1.54, 1.807) is 42.7 Å². The van der Waals surface area contributed by atoms with Crippen LogP contribution in [0.15, 0.2) is 58.2 Å². The molecule has 1 heterocycles. The van der Waals surface area contributed by atoms with E-state index in [0.29, 0.717) is 4.47 Å². The van der Waals surface area contributed by atoms with Gasteiger partial charge in [0.05, 0.1) is 11.0 Å². The third-order valence-electron chi connectivity index (χ3n) is 2.99. The Kier molecular flexibility index (Phi) is 5.66. The summed E-state index contributed by atoms with van der Waals surface area (Å²) in [5.41, 5.74) is 0.777. The van der Waals surface area contributed by atoms with Crippen molar-refractivity contribution in [2.75, 3.05) is 6.54 Å². The molecule has 0 aliphatic rings. The van der Waals surface area contributed by atoms with Gasteiger partial charge >= 0.3 is 0 Å². The molecule has 7 heteroatoms. The number of rotatable bonds is 6. The Balaban J connectivity index is 2.33. The molecule has 1 aromatic heterocycles. The molecule has 0 aliphatic carbocycles. The van der Waals surface area contributed by atoms with Crippen molar-refractivity contribution < 1.29 is 8.42 Å². The molecule has 2 aromatic rings. The van der Waals surface area contributed by atoms with Crippen molar-refractivity contribution in [2.24, 2.45) is 0 Å². The molecule has 0 fully saturated rings. The number of hydrogen-bond acceptors (Lipinski definition) is 4. The van der Waals surface area contributed by atoms with E-state index in [9.17, 15) is 8.42 Å². The predicted octanol–water partition coefficient (Wildman–Crippen LogP) is 2.95. The molecule has 2 rings (SSSR count). The van der Waals surface area contributed by atoms with E-state index in [2.05, 4.69) is 20.9 Å². The highest BCUT2D eigenvalue weighted by molar-refractivity contribution is 9.10. The van der Waals surface area contributed by atoms with Crippen LogP contribution in [0.1, 0.15) is 12.0 Å². The minimum absolute atomic E-state index is 0.132. The van der Waals surface area contributed by atoms with Gasteiger partial charge in [0, 0.05) is 36.4 Å². The average Bonchev–Trinajstić information content (AvgIpc) is 2.52. The van der Waals surface area contributed by atoms with Crippen molar-refractivity contribution in [3.05, 3.63) is 58.8 Å². The lowest BCUT2D eigenvalue weighted by Gasteiger charge is -2.21. The molecule has 0 atom stereocenters. The lowest BCUT2D eigenvalue weighted by Crippen LogP contribution is -2.31. The van der Waals surface area contributed by atoms with Crippen LogP contribution in [0.4, 0.5) is 0 Å². The molecule has 22 heavy (non-hydrogen) atoms. The molecule has 0 spiro atoms. The van der Waals surface area contributed by atoms with E-state index in [1.807, 2.05) is 12.1 Å². The van der Waals surface area contributed by atoms with Crippen LogP contribution in [0.25, 0.3) is 0 Å². The highest BCUT2D eigenvalue weighted by Crippen LogP contribution is 2.21. The zero-order valence-electron chi connectivity index (χ0n) is 11.7. The molecule has 5 nitrogen and oxygen atoms in total. The number of nitrogens with zero attached hydrogens (tertiary/aromatic N) is 3. The summed E-state index contributed by atoms with van der Waals surface area (Å²) in [6, 6.07) is 12.1. The van der Waals surface area contributed by atoms with Crippen molar-refractivity contribution in [3.8, 4) is 6.07 Å². The summed E-state index contributed by atoms with van der Waals surface area (Å²) in [7, 11) is -3.67. The van der Waals surface area contributed by atoms with E-state index in [4.69, 9.17) is 5.26 Å². The van der Waals surface area contributed by atoms with Crippen LogP contribution in [0, 0.1) is 11.3 Å². The molecular formula is C15H14BrN3O2S. The second kappa shape index (κ2) is 7.49. The van der Waals surface area contributed by atoms with Gasteiger partial charge in [0.15, 0.2) is 0 Å². The number of sulfonamides is 1. The molecule has 0 aliphatic heterocycles. The lowest BCUT2D eigenvalue weighted by molar-refractivity contribution is 0.413. The van der Waals surface area contributed by atoms with E-state index in [1.165, 1.54) is 4.31 Å². The highest BCUT2D eigenvalue weighted by atomic mass is 79.9. The lowest BCUT2D eigenvalue weighted by atomic mass is 10.3. The normalized spacial score (nSPS) is 11.3. The molecule has 0 amide bonds. The van der Waals surface area contributed by atoms with Gasteiger partial charge in [-0.1, -0.05) is 28.1 Å². The van der Waals surface area contributed by atoms with Crippen LogP contribution in [-0.2, 0) is 16.6 Å². The Morgan fingerprint density at radius 1 is 1.27 bits per heavy atom. The van der Waals surface area contributed by atoms with Crippen molar-refractivity contribution >= 4 is 26.0 Å². The van der Waals surface area contributed by atoms with Crippen molar-refractivity contribution in [2.45, 2.75) is 17.9 Å². The van der Waals surface area contributed by atoms with Crippen LogP contribution < -0.4 is 0 Å². The third kappa shape index (κ3) is 4.13. The first kappa shape index (κ1) is 16.6. The first-order valence-electron chi connectivity index (χ1n) is 6.55. The second-order valence-electron chi connectivity index (χ2n) is 4.57. The monoisotopic (exact) mass is 379 g/mol. The smallest absolute Gasteiger partial charge is 0.243 e. The zero-order valence-corrected chi connectivity index (χ0v) is 14.1. The molecule has 0 bridgehead atoms. The molecule has 1 aromatic carbocycles. The van der Waals surface area contributed by atoms with E-state index in [-0.39, 0.29) is 24.4 Å². The van der Waals surface area contributed by atoms with Crippen LogP contribution in [0.3, 0.4) is 0 Å². The Hall–Kier alpha value is -1.75. The first-order chi connectivity index (χ1) is 10.5. The van der Waals surface area contributed by atoms with Gasteiger partial charge in [-0.25, -0.2) is 8.42 Å². The van der Waals surface area contributed by atoms with Crippen molar-refractivity contribution in [1.29, 1.82) is 5.26 Å². The van der Waals surface area contributed by atoms with Gasteiger partial charge in [0.2, 0.25) is 10.0 Å². The fourth-order valence-corrected chi connectivity index (χ4v) is 3.96. The van der Waals surface area contributed by atoms with Gasteiger partial charge in [0.25, 0.3) is 0 Å². The molecule has 0 saturated heterocycles. The SMILES string of the molecule is N#CCCN(Cc1cccnc1)S(=O)(=O)c1cccc(Br)c1. The topological polar surface area (TPSA) is 74.1 Å². The summed E-state index contributed by atoms with van der Waals surface area (Å²) in [6.45, 7) is 0.324. The van der Waals surface area contributed by atoms with Crippen LogP contribution in [0.2, 0.25) is 0 Å². The van der Waals surface area contributed by atoms with E-state index in [0.717, 1.165) is 5.56 Å². The maximum Gasteiger partial charge on any atom is 0.243 e. The Labute approximate surface area is 138 Å². The highest BCUT2D eigenvalue weighted by Gasteiger charge is 2.24. The van der Waals surface area contributed by atoms with Crippen LogP contribution >= 0.6 is 15.9 Å². The summed E-state index contributed by atoms with van der Waals surface area (Å²) in [6.07, 6.45) is 3.38. The number of benzene rings is 1. The van der Waals surface area contributed by atoms with E-state index >= 15 is 0 Å². The number of nitriles is 1. The summed E-state index contributed by atoms with van der Waals surface area (Å²) in [5, 5.41) is 8.77. The first-order valence-corrected chi connectivity index (χ1v) is 8.79. The summed E-state index contributed by atoms with van der Waals surface area (Å²) >= 11 is 3.28. The Morgan fingerprint density at radius 3 is 2.73 bits per heavy atom. The Bertz CT molecular complexity index is 773. The van der Waals surface area contributed by atoms with Gasteiger partial charge in [-0.3, -0.25) is 4.98 Å². The molecule has 0 N–H and O–H groups in total. The number of halogens is 1. The van der Waals surface area contributed by atoms with Gasteiger partial charge in [0.1, 0.15) is 0 Å². The number of pyridine rings is 1. The fraction of sp³-hybridized carbons (Fsp3) is 0.200. The van der Waals surface area contributed by atoms with Crippen molar-refractivity contribution in [1.82, 2.24) is 9.29 Å². The maximum atomic E-state index is 12.8. The largest absolute Gasteiger partial charge is 0.264 e. The summed E-state index contributed by atoms with van der Waals surface area (Å²) < 4.78 is 27.5. The van der Waals surface area contributed by atoms with Crippen LogP contribution in [-0.4, -0.2) is 24.3 Å². The van der Waals surface area contributed by atoms with E-state index < -0.39 is 10.0 Å². The maximum absolute atomic E-state index is 12.8. The molecule has 0 radical (unpaired) electrons. The molecular weight excluding hydrogens is 366 g/mol. The van der Waals surface area contributed by atoms with Gasteiger partial charge in [-0.2, -0.15) is 9.57 Å². The molecule has 114 valence electrons. The number of aromatic nitrogens is 1. The number of hydrogen-bond donors (Lipinski definition) is 0. The molecule has 0 unspecified atom stereocenters. The Morgan fingerprint density at radius 2 is 2.09 bits per heavy atom. The van der Waals surface area contributed by atoms with Gasteiger partial charge in [-0.05, 0) is 29.8 Å². The zero-order chi connectivity index (χ0) is 16.0. The quantitative estimate of drug-likeness (QED) is 0.772. The van der Waals surface area contributed by atoms with Crippen molar-refractivity contribution in [3.63, 3.8) is 0 Å². The van der Waals surface area contributed by atoms with Gasteiger partial charge < -0.3 is 0 Å². The summed E-state index contributed by atoms with van der Waals surface area (Å²) in [5.74, 6) is 0. The average molecular weight is 380 g/mol. The fourth-order valence-electron chi connectivity index (χ4n) is 1.93. The van der Waals surface area contributed by atoms with Gasteiger partial charge in [-0.15, -0.1) is 0 Å². The standard InChI is InChI=1S/C15H14BrN3O2S/c16-14-5-1-6-15(10-14)22(20,21)19(9-3-7-17)12-13-4-2-8-18-11-13/h1-2,4-6,8,10-11H,3,9,12H2. The predicted molar refractivity (Wildman–Crippen MR) is 86.2 cm³/mol. The molecule has 0 saturated carbocycles. The minimum atomic E-state index is -3.67.